The van der Waals surface area contributed by atoms with Crippen LogP contribution in [0.5, 0.6) is 11.5 Å². The molecule has 0 bridgehead atoms. The third kappa shape index (κ3) is 2.89. The van der Waals surface area contributed by atoms with Crippen molar-refractivity contribution in [3.8, 4) is 11.5 Å². The number of hydrogen-bond donors (Lipinski definition) is 4. The van der Waals surface area contributed by atoms with Gasteiger partial charge in [0.2, 0.25) is 16.3 Å². The van der Waals surface area contributed by atoms with Gasteiger partial charge in [0, 0.05) is 21.5 Å². The van der Waals surface area contributed by atoms with Crippen LogP contribution in [-0.2, 0) is 16.7 Å². The van der Waals surface area contributed by atoms with Crippen LogP contribution in [0.2, 0.25) is 0 Å². The maximum Gasteiger partial charge on any atom is 0.260 e. The van der Waals surface area contributed by atoms with Crippen molar-refractivity contribution in [2.24, 2.45) is 5.16 Å². The maximum atomic E-state index is 13.6. The lowest BCUT2D eigenvalue weighted by atomic mass is 9.78. The summed E-state index contributed by atoms with van der Waals surface area (Å²) in [5.74, 6) is -2.59. The molecule has 4 N–H and O–H groups in total. The van der Waals surface area contributed by atoms with Crippen molar-refractivity contribution in [3.05, 3.63) is 106 Å². The molecule has 6 rings (SSSR count). The van der Waals surface area contributed by atoms with Crippen LogP contribution in [0.25, 0.3) is 22.3 Å². The minimum atomic E-state index is -1.99. The van der Waals surface area contributed by atoms with Gasteiger partial charge in [-0.15, -0.1) is 0 Å². The molecule has 0 saturated heterocycles. The minimum Gasteiger partial charge on any atom is -0.510 e. The van der Waals surface area contributed by atoms with Crippen LogP contribution < -0.4 is 42.4 Å². The number of aliphatic hydroxyl groups is 2. The Morgan fingerprint density at radius 1 is 0.950 bits per heavy atom. The predicted octanol–water partition coefficient (Wildman–Crippen LogP) is -0.744. The predicted molar refractivity (Wildman–Crippen MR) is 146 cm³/mol. The molecule has 0 amide bonds. The standard InChI is InChI=1S/C27H17BrN2O10/c1-39-12-6-11(31)14-15(20(12)32)22(34)17-16(21(14)33)24(36)27(25(17)37)4-3-9-18(27)23(35)13-10(19(9)28)5-8(7-29-40-2)30-26(13)38/h5-7,35-37H,3-4H2,1-2H3,(H,30,38). The van der Waals surface area contributed by atoms with E-state index < -0.39 is 76.6 Å². The number of aromatic hydroxyl groups is 1. The zero-order valence-electron chi connectivity index (χ0n) is 20.7. The van der Waals surface area contributed by atoms with Crippen LogP contribution in [0.4, 0.5) is 0 Å². The van der Waals surface area contributed by atoms with Crippen LogP contribution in [0, 0.1) is 10.4 Å². The Bertz CT molecular complexity index is 2350. The molecular formula is C27H17BrN2O10. The fraction of sp³-hybridized carbons (Fsp3) is 0.185. The quantitative estimate of drug-likeness (QED) is 0.170. The van der Waals surface area contributed by atoms with E-state index in [1.807, 2.05) is 0 Å². The first-order valence-electron chi connectivity index (χ1n) is 11.7. The number of aromatic nitrogens is 1. The van der Waals surface area contributed by atoms with Gasteiger partial charge < -0.3 is 29.9 Å². The number of methoxy groups -OCH3 is 1. The number of pyridine rings is 1. The lowest BCUT2D eigenvalue weighted by Crippen LogP contribution is -2.51. The van der Waals surface area contributed by atoms with Crippen LogP contribution in [0.1, 0.15) is 23.2 Å². The number of rotatable bonds is 3. The number of nitrogens with zero attached hydrogens (tertiary/aromatic N) is 1. The van der Waals surface area contributed by atoms with E-state index in [4.69, 9.17) is 4.74 Å². The van der Waals surface area contributed by atoms with E-state index >= 15 is 0 Å². The molecule has 40 heavy (non-hydrogen) atoms. The van der Waals surface area contributed by atoms with Gasteiger partial charge in [0.15, 0.2) is 11.2 Å². The molecule has 4 aliphatic carbocycles. The Morgan fingerprint density at radius 2 is 1.60 bits per heavy atom. The van der Waals surface area contributed by atoms with E-state index in [9.17, 15) is 39.3 Å². The number of phenolic OH excluding ortho intramolecular Hbond substituents is 1. The summed E-state index contributed by atoms with van der Waals surface area (Å²) >= 11 is 3.47. The fourth-order valence-corrected chi connectivity index (χ4v) is 6.70. The molecule has 1 unspecified atom stereocenters. The zero-order valence-corrected chi connectivity index (χ0v) is 22.3. The average Bonchev–Trinajstić information content (AvgIpc) is 3.43. The lowest BCUT2D eigenvalue weighted by molar-refractivity contribution is 0.215. The second kappa shape index (κ2) is 8.36. The molecular weight excluding hydrogens is 592 g/mol. The van der Waals surface area contributed by atoms with Gasteiger partial charge in [-0.25, -0.2) is 0 Å². The van der Waals surface area contributed by atoms with Gasteiger partial charge in [-0.1, -0.05) is 5.16 Å². The van der Waals surface area contributed by atoms with E-state index in [2.05, 4.69) is 30.9 Å². The Morgan fingerprint density at radius 3 is 2.23 bits per heavy atom. The van der Waals surface area contributed by atoms with Crippen LogP contribution in [-0.4, -0.2) is 40.7 Å². The number of oxime groups is 1. The van der Waals surface area contributed by atoms with Gasteiger partial charge in [0.25, 0.3) is 5.56 Å². The van der Waals surface area contributed by atoms with Crippen molar-refractivity contribution in [1.29, 1.82) is 0 Å². The van der Waals surface area contributed by atoms with E-state index in [-0.39, 0.29) is 29.5 Å². The molecule has 12 nitrogen and oxygen atoms in total. The van der Waals surface area contributed by atoms with E-state index in [0.717, 1.165) is 13.2 Å². The number of halogens is 1. The number of ether oxygens (including phenoxy) is 1. The molecule has 202 valence electrons. The number of benzene rings is 1. The third-order valence-electron chi connectivity index (χ3n) is 7.67. The van der Waals surface area contributed by atoms with E-state index in [0.29, 0.717) is 15.4 Å². The van der Waals surface area contributed by atoms with Crippen molar-refractivity contribution in [1.82, 2.24) is 4.98 Å². The number of hydrogen-bond acceptors (Lipinski definition) is 11. The zero-order chi connectivity index (χ0) is 28.8. The van der Waals surface area contributed by atoms with E-state index in [1.165, 1.54) is 19.4 Å². The molecule has 1 heterocycles. The normalized spacial score (nSPS) is 17.9. The monoisotopic (exact) mass is 608 g/mol. The molecule has 1 spiro atoms. The minimum absolute atomic E-state index is 0.0907. The van der Waals surface area contributed by atoms with Crippen molar-refractivity contribution in [3.63, 3.8) is 0 Å². The molecule has 0 radical (unpaired) electrons. The molecule has 1 aromatic carbocycles. The van der Waals surface area contributed by atoms with Crippen LogP contribution >= 0.6 is 15.9 Å². The highest BCUT2D eigenvalue weighted by molar-refractivity contribution is 9.10. The molecule has 4 aliphatic rings. The maximum absolute atomic E-state index is 13.6. The first kappa shape index (κ1) is 25.5. The van der Waals surface area contributed by atoms with Gasteiger partial charge in [0.05, 0.1) is 45.3 Å². The summed E-state index contributed by atoms with van der Waals surface area (Å²) in [6.45, 7) is 0. The topological polar surface area (TPSA) is 193 Å². The van der Waals surface area contributed by atoms with Crippen molar-refractivity contribution in [2.75, 3.05) is 14.2 Å². The highest BCUT2D eigenvalue weighted by Crippen LogP contribution is 2.56. The van der Waals surface area contributed by atoms with E-state index in [1.54, 1.807) is 0 Å². The number of fused-ring (bicyclic) bond motifs is 4. The van der Waals surface area contributed by atoms with Crippen LogP contribution in [0.3, 0.4) is 0 Å². The number of nitrogens with one attached hydrogen (secondary N) is 1. The summed E-state index contributed by atoms with van der Waals surface area (Å²) < 4.78 is 5.25. The molecule has 1 atom stereocenters. The largest absolute Gasteiger partial charge is 0.510 e. The van der Waals surface area contributed by atoms with Gasteiger partial charge >= 0.3 is 0 Å². The molecule has 0 fully saturated rings. The first-order valence-corrected chi connectivity index (χ1v) is 12.5. The van der Waals surface area contributed by atoms with Gasteiger partial charge in [0.1, 0.15) is 29.8 Å². The summed E-state index contributed by atoms with van der Waals surface area (Å²) in [5, 5.41) is 35.4. The fourth-order valence-electron chi connectivity index (χ4n) is 5.99. The Labute approximate surface area is 228 Å². The summed E-state index contributed by atoms with van der Waals surface area (Å²) in [7, 11) is 2.44. The number of phenols is 1. The third-order valence-corrected chi connectivity index (χ3v) is 8.58. The SMILES string of the molecule is CON=Cc1cc2c(Br)c3c(c(O)c2c(=O)[nH]1)C1(CC3)C(O)=c2c(=O)c3c(=O)cc(OC)c(=O)c=3c(=O)c2=C1O. The second-order valence-corrected chi connectivity index (χ2v) is 10.2. The van der Waals surface area contributed by atoms with Gasteiger partial charge in [-0.3, -0.25) is 24.0 Å². The number of aromatic amines is 1. The lowest BCUT2D eigenvalue weighted by Gasteiger charge is -2.27. The smallest absolute Gasteiger partial charge is 0.260 e. The summed E-state index contributed by atoms with van der Waals surface area (Å²) in [6.07, 6.45) is 1.27. The van der Waals surface area contributed by atoms with Crippen LogP contribution in [0.15, 0.2) is 45.7 Å². The van der Waals surface area contributed by atoms with Gasteiger partial charge in [-0.05, 0) is 40.4 Å². The molecule has 0 aliphatic heterocycles. The van der Waals surface area contributed by atoms with Gasteiger partial charge in [-0.2, -0.15) is 0 Å². The summed E-state index contributed by atoms with van der Waals surface area (Å²) in [5.41, 5.74) is -6.39. The van der Waals surface area contributed by atoms with Crippen molar-refractivity contribution < 1.29 is 24.9 Å². The Kier molecular flexibility index (Phi) is 5.33. The summed E-state index contributed by atoms with van der Waals surface area (Å²) in [4.78, 5) is 73.0. The number of aliphatic hydroxyl groups excluding tert-OH is 2. The molecule has 13 heteroatoms. The first-order chi connectivity index (χ1) is 19.0. The highest BCUT2D eigenvalue weighted by Gasteiger charge is 2.53. The Balaban J connectivity index is 1.80. The molecule has 0 saturated carbocycles. The number of H-pyrrole nitrogens is 1. The average molecular weight is 609 g/mol. The van der Waals surface area contributed by atoms with Crippen molar-refractivity contribution in [2.45, 2.75) is 18.3 Å². The molecule has 1 aromatic heterocycles. The van der Waals surface area contributed by atoms with Crippen molar-refractivity contribution >= 4 is 44.4 Å². The molecule has 2 aromatic rings. The summed E-state index contributed by atoms with van der Waals surface area (Å²) in [6, 6.07) is 2.31. The highest BCUT2D eigenvalue weighted by atomic mass is 79.9. The Hall–Kier alpha value is -4.78. The second-order valence-electron chi connectivity index (χ2n) is 9.44.